The number of nitrogens with zero attached hydrogens (tertiary/aromatic N) is 1. The molecule has 0 atom stereocenters. The molecule has 2 rings (SSSR count). The van der Waals surface area contributed by atoms with Crippen LogP contribution in [0.4, 0.5) is 0 Å². The van der Waals surface area contributed by atoms with E-state index in [0.29, 0.717) is 19.4 Å². The Kier molecular flexibility index (Phi) is 10.2. The Hall–Kier alpha value is -2.45. The number of rotatable bonds is 7. The summed E-state index contributed by atoms with van der Waals surface area (Å²) >= 11 is 0. The number of carboxylic acid groups (broad SMARTS) is 2. The van der Waals surface area contributed by atoms with Crippen LogP contribution in [0.2, 0.25) is 0 Å². The lowest BCUT2D eigenvalue weighted by Gasteiger charge is -2.37. The molecule has 1 aliphatic rings. The van der Waals surface area contributed by atoms with Crippen LogP contribution in [0.3, 0.4) is 0 Å². The zero-order chi connectivity index (χ0) is 21.0. The standard InChI is InChI=1S/C18H28N2O2.C2H2O4/c1-2-3-7-14-22-17(21)18(19)10-12-20(13-11-18)15-16-8-5-4-6-9-16;3-1(4)2(5)6/h4-6,8-9H,2-3,7,10-15,19H2,1H3;(H,3,4)(H,5,6). The fourth-order valence-corrected chi connectivity index (χ4v) is 2.82. The molecule has 0 spiro atoms. The summed E-state index contributed by atoms with van der Waals surface area (Å²) in [5.74, 6) is -3.87. The molecule has 1 aliphatic heterocycles. The van der Waals surface area contributed by atoms with Gasteiger partial charge in [-0.2, -0.15) is 0 Å². The van der Waals surface area contributed by atoms with Gasteiger partial charge < -0.3 is 20.7 Å². The minimum absolute atomic E-state index is 0.219. The molecule has 0 aliphatic carbocycles. The number of benzene rings is 1. The van der Waals surface area contributed by atoms with Gasteiger partial charge in [0.2, 0.25) is 0 Å². The second-order valence-corrected chi connectivity index (χ2v) is 6.87. The molecule has 28 heavy (non-hydrogen) atoms. The van der Waals surface area contributed by atoms with Gasteiger partial charge in [-0.25, -0.2) is 9.59 Å². The fourth-order valence-electron chi connectivity index (χ4n) is 2.82. The summed E-state index contributed by atoms with van der Waals surface area (Å²) in [5, 5.41) is 14.8. The van der Waals surface area contributed by atoms with Gasteiger partial charge in [0, 0.05) is 19.6 Å². The van der Waals surface area contributed by atoms with Crippen LogP contribution < -0.4 is 5.73 Å². The van der Waals surface area contributed by atoms with E-state index in [4.69, 9.17) is 30.3 Å². The first-order valence-electron chi connectivity index (χ1n) is 9.47. The van der Waals surface area contributed by atoms with E-state index in [-0.39, 0.29) is 5.97 Å². The van der Waals surface area contributed by atoms with Crippen molar-refractivity contribution in [3.05, 3.63) is 35.9 Å². The van der Waals surface area contributed by atoms with Crippen molar-refractivity contribution in [1.82, 2.24) is 4.90 Å². The molecule has 0 saturated carbocycles. The first-order chi connectivity index (χ1) is 13.3. The molecule has 0 unspecified atom stereocenters. The van der Waals surface area contributed by atoms with Gasteiger partial charge in [0.15, 0.2) is 0 Å². The highest BCUT2D eigenvalue weighted by atomic mass is 16.5. The second kappa shape index (κ2) is 12.1. The lowest BCUT2D eigenvalue weighted by molar-refractivity contribution is -0.159. The highest BCUT2D eigenvalue weighted by molar-refractivity contribution is 6.27. The van der Waals surface area contributed by atoms with Gasteiger partial charge in [0.05, 0.1) is 6.61 Å². The van der Waals surface area contributed by atoms with Crippen molar-refractivity contribution in [2.75, 3.05) is 19.7 Å². The first kappa shape index (κ1) is 23.6. The van der Waals surface area contributed by atoms with Crippen LogP contribution in [-0.4, -0.2) is 58.3 Å². The van der Waals surface area contributed by atoms with Crippen molar-refractivity contribution in [2.45, 2.75) is 51.1 Å². The lowest BCUT2D eigenvalue weighted by Crippen LogP contribution is -2.56. The summed E-state index contributed by atoms with van der Waals surface area (Å²) in [6.45, 7) is 5.24. The molecule has 8 nitrogen and oxygen atoms in total. The van der Waals surface area contributed by atoms with E-state index in [1.54, 1.807) is 0 Å². The summed E-state index contributed by atoms with van der Waals surface area (Å²) in [7, 11) is 0. The summed E-state index contributed by atoms with van der Waals surface area (Å²) in [5.41, 5.74) is 6.78. The minimum Gasteiger partial charge on any atom is -0.473 e. The smallest absolute Gasteiger partial charge is 0.414 e. The van der Waals surface area contributed by atoms with Crippen LogP contribution in [-0.2, 0) is 25.7 Å². The molecule has 0 radical (unpaired) electrons. The van der Waals surface area contributed by atoms with E-state index >= 15 is 0 Å². The Morgan fingerprint density at radius 3 is 2.14 bits per heavy atom. The number of hydrogen-bond donors (Lipinski definition) is 3. The van der Waals surface area contributed by atoms with Crippen LogP contribution in [0.5, 0.6) is 0 Å². The van der Waals surface area contributed by atoms with E-state index in [1.807, 2.05) is 6.07 Å². The molecule has 1 saturated heterocycles. The predicted molar refractivity (Wildman–Crippen MR) is 104 cm³/mol. The summed E-state index contributed by atoms with van der Waals surface area (Å²) in [4.78, 5) is 32.7. The minimum atomic E-state index is -1.82. The molecule has 156 valence electrons. The number of carbonyl (C=O) groups is 3. The van der Waals surface area contributed by atoms with E-state index in [0.717, 1.165) is 38.9 Å². The van der Waals surface area contributed by atoms with Crippen LogP contribution in [0.25, 0.3) is 0 Å². The van der Waals surface area contributed by atoms with Crippen LogP contribution in [0, 0.1) is 0 Å². The van der Waals surface area contributed by atoms with Crippen LogP contribution in [0.1, 0.15) is 44.6 Å². The molecule has 1 aromatic rings. The number of piperidine rings is 1. The maximum atomic E-state index is 12.2. The lowest BCUT2D eigenvalue weighted by atomic mass is 9.88. The highest BCUT2D eigenvalue weighted by Crippen LogP contribution is 2.22. The molecular weight excluding hydrogens is 364 g/mol. The third kappa shape index (κ3) is 8.49. The molecule has 4 N–H and O–H groups in total. The van der Waals surface area contributed by atoms with E-state index in [2.05, 4.69) is 36.1 Å². The van der Waals surface area contributed by atoms with Gasteiger partial charge >= 0.3 is 17.9 Å². The fraction of sp³-hybridized carbons (Fsp3) is 0.550. The predicted octanol–water partition coefficient (Wildman–Crippen LogP) is 1.87. The normalized spacial score (nSPS) is 15.8. The number of carbonyl (C=O) groups excluding carboxylic acids is 1. The molecule has 1 aromatic carbocycles. The summed E-state index contributed by atoms with van der Waals surface area (Å²) in [6.07, 6.45) is 4.49. The topological polar surface area (TPSA) is 130 Å². The number of ether oxygens (including phenoxy) is 1. The average molecular weight is 394 g/mol. The molecule has 0 amide bonds. The zero-order valence-corrected chi connectivity index (χ0v) is 16.3. The number of hydrogen-bond acceptors (Lipinski definition) is 6. The molecule has 0 aromatic heterocycles. The Morgan fingerprint density at radius 1 is 1.07 bits per heavy atom. The maximum absolute atomic E-state index is 12.2. The third-order valence-electron chi connectivity index (χ3n) is 4.57. The number of nitrogens with two attached hydrogens (primary N) is 1. The SMILES string of the molecule is CCCCCOC(=O)C1(N)CCN(Cc2ccccc2)CC1.O=C(O)C(=O)O. The number of likely N-dealkylation sites (tertiary alicyclic amines) is 1. The Bertz CT molecular complexity index is 615. The Labute approximate surface area is 165 Å². The van der Waals surface area contributed by atoms with Crippen molar-refractivity contribution < 1.29 is 29.3 Å². The van der Waals surface area contributed by atoms with Gasteiger partial charge in [-0.1, -0.05) is 50.1 Å². The van der Waals surface area contributed by atoms with Gasteiger partial charge in [-0.3, -0.25) is 9.69 Å². The first-order valence-corrected chi connectivity index (χ1v) is 9.47. The quantitative estimate of drug-likeness (QED) is 0.363. The van der Waals surface area contributed by atoms with Gasteiger partial charge in [-0.15, -0.1) is 0 Å². The van der Waals surface area contributed by atoms with Crippen molar-refractivity contribution in [3.63, 3.8) is 0 Å². The van der Waals surface area contributed by atoms with Gasteiger partial charge in [0.1, 0.15) is 5.54 Å². The zero-order valence-electron chi connectivity index (χ0n) is 16.3. The van der Waals surface area contributed by atoms with Crippen molar-refractivity contribution >= 4 is 17.9 Å². The number of esters is 1. The second-order valence-electron chi connectivity index (χ2n) is 6.87. The number of aliphatic carboxylic acids is 2. The van der Waals surface area contributed by atoms with Crippen LogP contribution in [0.15, 0.2) is 30.3 Å². The van der Waals surface area contributed by atoms with Crippen molar-refractivity contribution in [2.24, 2.45) is 5.73 Å². The monoisotopic (exact) mass is 394 g/mol. The molecule has 0 bridgehead atoms. The van der Waals surface area contributed by atoms with E-state index < -0.39 is 17.5 Å². The Morgan fingerprint density at radius 2 is 1.64 bits per heavy atom. The maximum Gasteiger partial charge on any atom is 0.414 e. The van der Waals surface area contributed by atoms with Crippen molar-refractivity contribution in [1.29, 1.82) is 0 Å². The van der Waals surface area contributed by atoms with Crippen molar-refractivity contribution in [3.8, 4) is 0 Å². The van der Waals surface area contributed by atoms with Crippen LogP contribution >= 0.6 is 0 Å². The highest BCUT2D eigenvalue weighted by Gasteiger charge is 2.38. The third-order valence-corrected chi connectivity index (χ3v) is 4.57. The van der Waals surface area contributed by atoms with E-state index in [9.17, 15) is 4.79 Å². The Balaban J connectivity index is 0.000000568. The average Bonchev–Trinajstić information content (AvgIpc) is 2.68. The van der Waals surface area contributed by atoms with E-state index in [1.165, 1.54) is 5.56 Å². The molecular formula is C20H30N2O6. The van der Waals surface area contributed by atoms with Gasteiger partial charge in [0.25, 0.3) is 0 Å². The molecule has 1 fully saturated rings. The van der Waals surface area contributed by atoms with Gasteiger partial charge in [-0.05, 0) is 24.8 Å². The number of unbranched alkanes of at least 4 members (excludes halogenated alkanes) is 2. The largest absolute Gasteiger partial charge is 0.473 e. The molecule has 8 heteroatoms. The molecule has 1 heterocycles. The number of carboxylic acids is 2. The summed E-state index contributed by atoms with van der Waals surface area (Å²) in [6, 6.07) is 10.4. The summed E-state index contributed by atoms with van der Waals surface area (Å²) < 4.78 is 5.36.